The summed E-state index contributed by atoms with van der Waals surface area (Å²) in [5.74, 6) is -0.198. The number of aliphatic hydroxyl groups is 1. The number of phosphoric ester groups is 1. The first-order valence-electron chi connectivity index (χ1n) is 34.7. The molecule has 0 aromatic rings. The number of nitrogens with zero attached hydrogens (tertiary/aromatic N) is 1. The van der Waals surface area contributed by atoms with Crippen LogP contribution in [0.3, 0.4) is 0 Å². The standard InChI is InChI=1S/C69H137N2O6P/c1-6-8-10-12-14-16-18-20-22-24-26-28-30-32-34-35-37-38-40-42-44-46-48-50-52-54-56-58-60-62-68(72)67(66-77-78(74,75)76-65-64-71(3,4)5)70-69(73)63-61-59-57-55-53-51-49-47-45-43-41-39-36-33-31-29-27-25-23-21-19-17-15-13-11-9-7-2/h52,54,60,62,67-68,72H,6-51,53,55-59,61,63-66H2,1-5H3,(H-,70,73,74,75)/b54-52+,62-60+. The van der Waals surface area contributed by atoms with E-state index >= 15 is 0 Å². The second kappa shape index (κ2) is 60.6. The van der Waals surface area contributed by atoms with Crippen LogP contribution < -0.4 is 10.2 Å². The second-order valence-electron chi connectivity index (χ2n) is 25.2. The van der Waals surface area contributed by atoms with Gasteiger partial charge in [-0.15, -0.1) is 0 Å². The van der Waals surface area contributed by atoms with Gasteiger partial charge in [-0.1, -0.05) is 346 Å². The SMILES string of the molecule is CCCCCCCCCCCCCCCCCCCCCCCCC/C=C/CC/C=C/C(O)C(COP(=O)([O-])OCC[N+](C)(C)C)NC(=O)CCCCCCCCCCCCCCCCCCCCCCCCCCCCC. The van der Waals surface area contributed by atoms with E-state index in [0.717, 1.165) is 38.5 Å². The molecular formula is C69H137N2O6P. The normalized spacial score (nSPS) is 13.8. The molecule has 9 heteroatoms. The molecule has 0 radical (unpaired) electrons. The lowest BCUT2D eigenvalue weighted by Crippen LogP contribution is -2.45. The number of carbonyl (C=O) groups excluding carboxylic acids is 1. The van der Waals surface area contributed by atoms with Crippen molar-refractivity contribution in [1.29, 1.82) is 0 Å². The van der Waals surface area contributed by atoms with Crippen molar-refractivity contribution in [2.75, 3.05) is 40.9 Å². The Kier molecular flexibility index (Phi) is 59.8. The third kappa shape index (κ3) is 62.6. The van der Waals surface area contributed by atoms with E-state index in [2.05, 4.69) is 31.3 Å². The number of quaternary nitrogens is 1. The van der Waals surface area contributed by atoms with Crippen LogP contribution in [0.15, 0.2) is 24.3 Å². The number of rotatable bonds is 65. The van der Waals surface area contributed by atoms with E-state index < -0.39 is 20.0 Å². The second-order valence-corrected chi connectivity index (χ2v) is 26.7. The largest absolute Gasteiger partial charge is 0.756 e. The number of hydrogen-bond donors (Lipinski definition) is 2. The van der Waals surface area contributed by atoms with Crippen LogP contribution >= 0.6 is 7.82 Å². The van der Waals surface area contributed by atoms with Gasteiger partial charge < -0.3 is 28.8 Å². The van der Waals surface area contributed by atoms with Gasteiger partial charge in [0.1, 0.15) is 13.2 Å². The molecule has 0 saturated heterocycles. The number of likely N-dealkylation sites (N-methyl/N-ethyl adjacent to an activating group) is 1. The van der Waals surface area contributed by atoms with Crippen LogP contribution in [0.2, 0.25) is 0 Å². The monoisotopic (exact) mass is 1120 g/mol. The van der Waals surface area contributed by atoms with Crippen molar-refractivity contribution in [3.63, 3.8) is 0 Å². The molecular weight excluding hydrogens is 984 g/mol. The number of phosphoric acid groups is 1. The highest BCUT2D eigenvalue weighted by atomic mass is 31.2. The molecule has 8 nitrogen and oxygen atoms in total. The van der Waals surface area contributed by atoms with Crippen molar-refractivity contribution < 1.29 is 32.9 Å². The van der Waals surface area contributed by atoms with E-state index in [9.17, 15) is 19.4 Å². The maximum absolute atomic E-state index is 13.0. The first kappa shape index (κ1) is 77.0. The minimum absolute atomic E-state index is 0.00341. The summed E-state index contributed by atoms with van der Waals surface area (Å²) in [4.78, 5) is 25.6. The van der Waals surface area contributed by atoms with E-state index in [0.29, 0.717) is 17.4 Å². The molecule has 1 amide bonds. The predicted octanol–water partition coefficient (Wildman–Crippen LogP) is 21.3. The van der Waals surface area contributed by atoms with Crippen LogP contribution in [0, 0.1) is 0 Å². The third-order valence-electron chi connectivity index (χ3n) is 16.2. The van der Waals surface area contributed by atoms with Crippen LogP contribution in [0.4, 0.5) is 0 Å². The molecule has 0 fully saturated rings. The van der Waals surface area contributed by atoms with Crippen molar-refractivity contribution in [3.8, 4) is 0 Å². The van der Waals surface area contributed by atoms with Crippen LogP contribution in [0.1, 0.15) is 361 Å². The Bertz CT molecular complexity index is 1320. The molecule has 0 heterocycles. The van der Waals surface area contributed by atoms with Gasteiger partial charge in [-0.3, -0.25) is 9.36 Å². The van der Waals surface area contributed by atoms with Gasteiger partial charge >= 0.3 is 0 Å². The van der Waals surface area contributed by atoms with Gasteiger partial charge in [0.2, 0.25) is 5.91 Å². The minimum Gasteiger partial charge on any atom is -0.756 e. The summed E-state index contributed by atoms with van der Waals surface area (Å²) in [7, 11) is 1.26. The molecule has 0 rings (SSSR count). The molecule has 464 valence electrons. The lowest BCUT2D eigenvalue weighted by atomic mass is 10.0. The van der Waals surface area contributed by atoms with Crippen molar-refractivity contribution in [2.24, 2.45) is 0 Å². The van der Waals surface area contributed by atoms with Crippen LogP contribution in [-0.4, -0.2) is 68.5 Å². The van der Waals surface area contributed by atoms with Crippen molar-refractivity contribution in [3.05, 3.63) is 24.3 Å². The number of hydrogen-bond acceptors (Lipinski definition) is 6. The van der Waals surface area contributed by atoms with Gasteiger partial charge in [0.05, 0.1) is 39.9 Å². The Hall–Kier alpha value is -1.02. The average Bonchev–Trinajstić information content (AvgIpc) is 3.41. The summed E-state index contributed by atoms with van der Waals surface area (Å²) in [5.41, 5.74) is 0. The van der Waals surface area contributed by atoms with E-state index in [1.165, 1.54) is 302 Å². The first-order valence-corrected chi connectivity index (χ1v) is 36.2. The molecule has 0 bridgehead atoms. The van der Waals surface area contributed by atoms with Crippen LogP contribution in [-0.2, 0) is 18.4 Å². The topological polar surface area (TPSA) is 108 Å². The highest BCUT2D eigenvalue weighted by molar-refractivity contribution is 7.45. The van der Waals surface area contributed by atoms with Crippen LogP contribution in [0.25, 0.3) is 0 Å². The summed E-state index contributed by atoms with van der Waals surface area (Å²) >= 11 is 0. The molecule has 0 aliphatic rings. The Labute approximate surface area is 487 Å². The number of allylic oxidation sites excluding steroid dienone is 3. The van der Waals surface area contributed by atoms with Gasteiger partial charge in [0.15, 0.2) is 0 Å². The predicted molar refractivity (Wildman–Crippen MR) is 339 cm³/mol. The Morgan fingerprint density at radius 3 is 1.04 bits per heavy atom. The maximum atomic E-state index is 13.0. The molecule has 0 aromatic heterocycles. The van der Waals surface area contributed by atoms with Crippen molar-refractivity contribution in [1.82, 2.24) is 5.32 Å². The Morgan fingerprint density at radius 2 is 0.718 bits per heavy atom. The third-order valence-corrected chi connectivity index (χ3v) is 17.1. The summed E-state index contributed by atoms with van der Waals surface area (Å²) in [6.45, 7) is 4.70. The summed E-state index contributed by atoms with van der Waals surface area (Å²) in [6.07, 6.45) is 78.8. The lowest BCUT2D eigenvalue weighted by Gasteiger charge is -2.29. The van der Waals surface area contributed by atoms with Gasteiger partial charge in [-0.05, 0) is 32.1 Å². The Balaban J connectivity index is 4.08. The van der Waals surface area contributed by atoms with Crippen molar-refractivity contribution >= 4 is 13.7 Å². The molecule has 3 unspecified atom stereocenters. The molecule has 0 aliphatic carbocycles. The first-order chi connectivity index (χ1) is 38.0. The van der Waals surface area contributed by atoms with E-state index in [1.807, 2.05) is 27.2 Å². The molecule has 78 heavy (non-hydrogen) atoms. The molecule has 0 aliphatic heterocycles. The zero-order chi connectivity index (χ0) is 57.0. The van der Waals surface area contributed by atoms with E-state index in [-0.39, 0.29) is 19.1 Å². The fourth-order valence-electron chi connectivity index (χ4n) is 10.8. The van der Waals surface area contributed by atoms with Gasteiger partial charge in [0.25, 0.3) is 7.82 Å². The smallest absolute Gasteiger partial charge is 0.268 e. The lowest BCUT2D eigenvalue weighted by molar-refractivity contribution is -0.870. The van der Waals surface area contributed by atoms with Crippen LogP contribution in [0.5, 0.6) is 0 Å². The zero-order valence-electron chi connectivity index (χ0n) is 53.2. The fraction of sp³-hybridized carbons (Fsp3) is 0.928. The number of amides is 1. The number of carbonyl (C=O) groups is 1. The quantitative estimate of drug-likeness (QED) is 0.0272. The van der Waals surface area contributed by atoms with Gasteiger partial charge in [0, 0.05) is 6.42 Å². The zero-order valence-corrected chi connectivity index (χ0v) is 54.0. The number of unbranched alkanes of at least 4 members (excludes halogenated alkanes) is 50. The number of nitrogens with one attached hydrogen (secondary N) is 1. The molecule has 0 saturated carbocycles. The summed E-state index contributed by atoms with van der Waals surface area (Å²) in [5, 5.41) is 13.9. The summed E-state index contributed by atoms with van der Waals surface area (Å²) < 4.78 is 23.4. The molecule has 0 aromatic carbocycles. The van der Waals surface area contributed by atoms with Gasteiger partial charge in [-0.25, -0.2) is 0 Å². The van der Waals surface area contributed by atoms with Crippen molar-refractivity contribution in [2.45, 2.75) is 373 Å². The maximum Gasteiger partial charge on any atom is 0.268 e. The Morgan fingerprint density at radius 1 is 0.436 bits per heavy atom. The average molecular weight is 1120 g/mol. The minimum atomic E-state index is -4.61. The van der Waals surface area contributed by atoms with E-state index in [1.54, 1.807) is 6.08 Å². The highest BCUT2D eigenvalue weighted by Crippen LogP contribution is 2.38. The molecule has 2 N–H and O–H groups in total. The summed E-state index contributed by atoms with van der Waals surface area (Å²) in [6, 6.07) is -0.902. The number of aliphatic hydroxyl groups excluding tert-OH is 1. The van der Waals surface area contributed by atoms with Gasteiger partial charge in [-0.2, -0.15) is 0 Å². The van der Waals surface area contributed by atoms with E-state index in [4.69, 9.17) is 9.05 Å². The molecule has 3 atom stereocenters. The molecule has 0 spiro atoms. The highest BCUT2D eigenvalue weighted by Gasteiger charge is 2.23. The fourth-order valence-corrected chi connectivity index (χ4v) is 11.5.